The molecule has 0 spiro atoms. The van der Waals surface area contributed by atoms with Gasteiger partial charge < -0.3 is 15.8 Å². The Morgan fingerprint density at radius 2 is 1.40 bits per heavy atom. The van der Waals surface area contributed by atoms with Crippen molar-refractivity contribution in [3.05, 3.63) is 90.0 Å². The largest absolute Gasteiger partial charge is 0.489 e. The van der Waals surface area contributed by atoms with Crippen LogP contribution >= 0.6 is 12.2 Å². The number of nitrogens with two attached hydrogens (primary N) is 1. The molecule has 3 aromatic rings. The summed E-state index contributed by atoms with van der Waals surface area (Å²) in [6.07, 6.45) is 0. The molecule has 0 aliphatic rings. The van der Waals surface area contributed by atoms with Crippen molar-refractivity contribution in [3.8, 4) is 16.9 Å². The fraction of sp³-hybridized carbons (Fsp3) is 0.0952. The summed E-state index contributed by atoms with van der Waals surface area (Å²) in [6, 6.07) is 26.7. The van der Waals surface area contributed by atoms with Gasteiger partial charge in [0.15, 0.2) is 5.11 Å². The van der Waals surface area contributed by atoms with Gasteiger partial charge in [-0.3, -0.25) is 0 Å². The van der Waals surface area contributed by atoms with Crippen LogP contribution in [-0.4, -0.2) is 5.11 Å². The maximum absolute atomic E-state index is 5.85. The van der Waals surface area contributed by atoms with E-state index in [1.165, 1.54) is 11.1 Å². The number of rotatable bonds is 6. The minimum absolute atomic E-state index is 0.305. The van der Waals surface area contributed by atoms with Crippen molar-refractivity contribution < 1.29 is 4.74 Å². The maximum atomic E-state index is 5.85. The van der Waals surface area contributed by atoms with Crippen molar-refractivity contribution in [2.24, 2.45) is 5.73 Å². The molecule has 126 valence electrons. The summed E-state index contributed by atoms with van der Waals surface area (Å²) in [6.45, 7) is 1.16. The second-order valence-corrected chi connectivity index (χ2v) is 6.15. The van der Waals surface area contributed by atoms with Gasteiger partial charge in [-0.2, -0.15) is 0 Å². The molecule has 0 saturated carbocycles. The van der Waals surface area contributed by atoms with Crippen LogP contribution in [0.25, 0.3) is 11.1 Å². The Morgan fingerprint density at radius 3 is 2.04 bits per heavy atom. The number of hydrogen-bond donors (Lipinski definition) is 2. The Labute approximate surface area is 153 Å². The molecule has 0 saturated heterocycles. The molecular weight excluding hydrogens is 328 g/mol. The number of ether oxygens (including phenoxy) is 1. The molecular formula is C21H20N2OS. The molecule has 0 aliphatic carbocycles. The standard InChI is InChI=1S/C21H20N2OS/c22-21(25)23-14-16-8-12-20(13-9-16)24-15-17-6-10-19(11-7-17)18-4-2-1-3-5-18/h1-13H,14-15H2,(H3,22,23,25). The van der Waals surface area contributed by atoms with Gasteiger partial charge in [-0.05, 0) is 46.6 Å². The zero-order valence-electron chi connectivity index (χ0n) is 13.8. The van der Waals surface area contributed by atoms with Crippen molar-refractivity contribution in [3.63, 3.8) is 0 Å². The highest BCUT2D eigenvalue weighted by Gasteiger charge is 2.00. The van der Waals surface area contributed by atoms with E-state index in [1.54, 1.807) is 0 Å². The summed E-state index contributed by atoms with van der Waals surface area (Å²) in [5.74, 6) is 0.839. The fourth-order valence-electron chi connectivity index (χ4n) is 2.48. The minimum atomic E-state index is 0.305. The van der Waals surface area contributed by atoms with Crippen molar-refractivity contribution in [1.29, 1.82) is 0 Å². The van der Waals surface area contributed by atoms with E-state index < -0.39 is 0 Å². The van der Waals surface area contributed by atoms with Gasteiger partial charge in [-0.15, -0.1) is 0 Å². The Kier molecular flexibility index (Phi) is 5.65. The molecule has 0 aromatic heterocycles. The predicted molar refractivity (Wildman–Crippen MR) is 106 cm³/mol. The van der Waals surface area contributed by atoms with Crippen LogP contribution in [0, 0.1) is 0 Å². The number of benzene rings is 3. The van der Waals surface area contributed by atoms with Gasteiger partial charge in [0.1, 0.15) is 12.4 Å². The molecule has 0 unspecified atom stereocenters. The summed E-state index contributed by atoms with van der Waals surface area (Å²) >= 11 is 4.80. The van der Waals surface area contributed by atoms with Gasteiger partial charge in [-0.1, -0.05) is 66.7 Å². The van der Waals surface area contributed by atoms with Crippen molar-refractivity contribution >= 4 is 17.3 Å². The van der Waals surface area contributed by atoms with Gasteiger partial charge in [0.25, 0.3) is 0 Å². The number of hydrogen-bond acceptors (Lipinski definition) is 2. The van der Waals surface area contributed by atoms with E-state index in [0.29, 0.717) is 18.3 Å². The topological polar surface area (TPSA) is 47.3 Å². The molecule has 4 heteroatoms. The molecule has 0 amide bonds. The van der Waals surface area contributed by atoms with E-state index in [2.05, 4.69) is 41.7 Å². The van der Waals surface area contributed by atoms with Crippen LogP contribution in [-0.2, 0) is 13.2 Å². The van der Waals surface area contributed by atoms with E-state index >= 15 is 0 Å². The first kappa shape index (κ1) is 17.0. The number of thiocarbonyl (C=S) groups is 1. The Balaban J connectivity index is 1.55. The molecule has 0 radical (unpaired) electrons. The van der Waals surface area contributed by atoms with Crippen molar-refractivity contribution in [2.75, 3.05) is 0 Å². The second kappa shape index (κ2) is 8.31. The average Bonchev–Trinajstić information content (AvgIpc) is 2.66. The Hall–Kier alpha value is -2.85. The van der Waals surface area contributed by atoms with Gasteiger partial charge in [0, 0.05) is 6.54 Å². The highest BCUT2D eigenvalue weighted by Crippen LogP contribution is 2.20. The predicted octanol–water partition coefficient (Wildman–Crippen LogP) is 4.27. The van der Waals surface area contributed by atoms with Crippen LogP contribution in [0.1, 0.15) is 11.1 Å². The van der Waals surface area contributed by atoms with Crippen LogP contribution < -0.4 is 15.8 Å². The second-order valence-electron chi connectivity index (χ2n) is 5.71. The Morgan fingerprint density at radius 1 is 0.800 bits per heavy atom. The molecule has 3 nitrogen and oxygen atoms in total. The number of nitrogens with one attached hydrogen (secondary N) is 1. The lowest BCUT2D eigenvalue weighted by Gasteiger charge is -2.09. The monoisotopic (exact) mass is 348 g/mol. The summed E-state index contributed by atoms with van der Waals surface area (Å²) < 4.78 is 5.85. The third-order valence-corrected chi connectivity index (χ3v) is 4.00. The fourth-order valence-corrected chi connectivity index (χ4v) is 2.56. The molecule has 0 atom stereocenters. The van der Waals surface area contributed by atoms with Crippen LogP contribution in [0.15, 0.2) is 78.9 Å². The van der Waals surface area contributed by atoms with Gasteiger partial charge in [0.2, 0.25) is 0 Å². The normalized spacial score (nSPS) is 10.2. The average molecular weight is 348 g/mol. The van der Waals surface area contributed by atoms with E-state index in [9.17, 15) is 0 Å². The quantitative estimate of drug-likeness (QED) is 0.653. The molecule has 0 heterocycles. The third-order valence-electron chi connectivity index (χ3n) is 3.86. The zero-order chi connectivity index (χ0) is 17.5. The van der Waals surface area contributed by atoms with Gasteiger partial charge in [-0.25, -0.2) is 0 Å². The van der Waals surface area contributed by atoms with Crippen molar-refractivity contribution in [2.45, 2.75) is 13.2 Å². The maximum Gasteiger partial charge on any atom is 0.163 e. The van der Waals surface area contributed by atoms with Gasteiger partial charge >= 0.3 is 0 Å². The molecule has 25 heavy (non-hydrogen) atoms. The van der Waals surface area contributed by atoms with Crippen LogP contribution in [0.4, 0.5) is 0 Å². The molecule has 3 aromatic carbocycles. The smallest absolute Gasteiger partial charge is 0.163 e. The lowest BCUT2D eigenvalue weighted by Crippen LogP contribution is -2.28. The SMILES string of the molecule is NC(=S)NCc1ccc(OCc2ccc(-c3ccccc3)cc2)cc1. The van der Waals surface area contributed by atoms with Gasteiger partial charge in [0.05, 0.1) is 0 Å². The molecule has 0 fully saturated rings. The first-order valence-electron chi connectivity index (χ1n) is 8.10. The highest BCUT2D eigenvalue weighted by molar-refractivity contribution is 7.80. The molecule has 3 rings (SSSR count). The van der Waals surface area contributed by atoms with Crippen LogP contribution in [0.5, 0.6) is 5.75 Å². The Bertz CT molecular complexity index is 815. The molecule has 0 aliphatic heterocycles. The summed E-state index contributed by atoms with van der Waals surface area (Å²) in [5.41, 5.74) is 10.1. The zero-order valence-corrected chi connectivity index (χ0v) is 14.6. The molecule has 3 N–H and O–H groups in total. The van der Waals surface area contributed by atoms with Crippen LogP contribution in [0.2, 0.25) is 0 Å². The summed E-state index contributed by atoms with van der Waals surface area (Å²) in [5, 5.41) is 3.23. The lowest BCUT2D eigenvalue weighted by molar-refractivity contribution is 0.306. The van der Waals surface area contributed by atoms with E-state index in [4.69, 9.17) is 22.7 Å². The first-order valence-corrected chi connectivity index (χ1v) is 8.51. The van der Waals surface area contributed by atoms with Crippen LogP contribution in [0.3, 0.4) is 0 Å². The lowest BCUT2D eigenvalue weighted by atomic mass is 10.0. The third kappa shape index (κ3) is 5.06. The van der Waals surface area contributed by atoms with E-state index in [1.807, 2.05) is 42.5 Å². The highest BCUT2D eigenvalue weighted by atomic mass is 32.1. The molecule has 0 bridgehead atoms. The first-order chi connectivity index (χ1) is 12.2. The minimum Gasteiger partial charge on any atom is -0.489 e. The summed E-state index contributed by atoms with van der Waals surface area (Å²) in [4.78, 5) is 0. The van der Waals surface area contributed by atoms with E-state index in [0.717, 1.165) is 16.9 Å². The summed E-state index contributed by atoms with van der Waals surface area (Å²) in [7, 11) is 0. The van der Waals surface area contributed by atoms with Crippen molar-refractivity contribution in [1.82, 2.24) is 5.32 Å². The van der Waals surface area contributed by atoms with E-state index in [-0.39, 0.29) is 0 Å².